The van der Waals surface area contributed by atoms with Gasteiger partial charge in [0.2, 0.25) is 5.91 Å². The van der Waals surface area contributed by atoms with Crippen molar-refractivity contribution < 1.29 is 19.4 Å². The highest BCUT2D eigenvalue weighted by atomic mass is 16.5. The normalized spacial score (nSPS) is 10.4. The number of aryl methyl sites for hydroxylation is 2. The first-order valence-corrected chi connectivity index (χ1v) is 7.67. The molecule has 0 bridgehead atoms. The van der Waals surface area contributed by atoms with Crippen molar-refractivity contribution in [1.29, 1.82) is 0 Å². The lowest BCUT2D eigenvalue weighted by molar-refractivity contribution is -0.121. The number of carbonyl (C=O) groups is 2. The molecule has 0 spiro atoms. The van der Waals surface area contributed by atoms with Crippen LogP contribution in [0.4, 0.5) is 0 Å². The van der Waals surface area contributed by atoms with E-state index in [1.165, 1.54) is 10.9 Å². The Morgan fingerprint density at radius 1 is 1.29 bits per heavy atom. The molecule has 1 amide bonds. The number of nitrogens with zero attached hydrogens (tertiary/aromatic N) is 2. The second-order valence-corrected chi connectivity index (χ2v) is 5.49. The summed E-state index contributed by atoms with van der Waals surface area (Å²) in [6.07, 6.45) is 2.34. The van der Waals surface area contributed by atoms with Crippen LogP contribution in [-0.4, -0.2) is 33.4 Å². The van der Waals surface area contributed by atoms with Crippen molar-refractivity contribution in [1.82, 2.24) is 15.1 Å². The quantitative estimate of drug-likeness (QED) is 0.721. The van der Waals surface area contributed by atoms with Gasteiger partial charge in [0.05, 0.1) is 12.8 Å². The van der Waals surface area contributed by atoms with E-state index < -0.39 is 5.97 Å². The zero-order valence-corrected chi connectivity index (χ0v) is 13.8. The van der Waals surface area contributed by atoms with E-state index in [-0.39, 0.29) is 18.1 Å². The number of carbonyl (C=O) groups excluding carboxylic acids is 1. The molecule has 2 rings (SSSR count). The molecule has 0 aliphatic rings. The van der Waals surface area contributed by atoms with Crippen LogP contribution in [0.5, 0.6) is 5.75 Å². The molecule has 7 nitrogen and oxygen atoms in total. The lowest BCUT2D eigenvalue weighted by Crippen LogP contribution is -2.24. The third-order valence-electron chi connectivity index (χ3n) is 3.53. The van der Waals surface area contributed by atoms with Gasteiger partial charge in [0, 0.05) is 25.6 Å². The van der Waals surface area contributed by atoms with Crippen LogP contribution >= 0.6 is 0 Å². The first-order valence-electron chi connectivity index (χ1n) is 7.67. The van der Waals surface area contributed by atoms with E-state index >= 15 is 0 Å². The molecule has 2 aromatic rings. The van der Waals surface area contributed by atoms with Gasteiger partial charge in [-0.1, -0.05) is 17.7 Å². The molecule has 0 unspecified atom stereocenters. The van der Waals surface area contributed by atoms with Crippen LogP contribution in [-0.2, 0) is 18.4 Å². The van der Waals surface area contributed by atoms with E-state index in [1.54, 1.807) is 7.05 Å². The van der Waals surface area contributed by atoms with Gasteiger partial charge in [-0.3, -0.25) is 9.48 Å². The van der Waals surface area contributed by atoms with Crippen molar-refractivity contribution in [2.45, 2.75) is 26.3 Å². The number of amides is 1. The van der Waals surface area contributed by atoms with Gasteiger partial charge in [-0.2, -0.15) is 5.10 Å². The number of ether oxygens (including phenoxy) is 1. The van der Waals surface area contributed by atoms with Gasteiger partial charge in [-0.25, -0.2) is 4.79 Å². The van der Waals surface area contributed by atoms with Crippen molar-refractivity contribution in [2.75, 3.05) is 6.61 Å². The van der Waals surface area contributed by atoms with Crippen molar-refractivity contribution in [2.24, 2.45) is 7.05 Å². The summed E-state index contributed by atoms with van der Waals surface area (Å²) in [4.78, 5) is 22.9. The fourth-order valence-electron chi connectivity index (χ4n) is 2.23. The van der Waals surface area contributed by atoms with Crippen LogP contribution in [0.25, 0.3) is 0 Å². The molecule has 0 aliphatic carbocycles. The summed E-state index contributed by atoms with van der Waals surface area (Å²) in [7, 11) is 1.55. The van der Waals surface area contributed by atoms with Gasteiger partial charge in [0.15, 0.2) is 5.69 Å². The van der Waals surface area contributed by atoms with Gasteiger partial charge in [0.25, 0.3) is 0 Å². The number of aromatic carboxylic acids is 1. The van der Waals surface area contributed by atoms with E-state index in [9.17, 15) is 9.59 Å². The zero-order chi connectivity index (χ0) is 17.5. The lowest BCUT2D eigenvalue weighted by atomic mass is 10.2. The minimum Gasteiger partial charge on any atom is -0.494 e. The van der Waals surface area contributed by atoms with Gasteiger partial charge in [-0.15, -0.1) is 0 Å². The first kappa shape index (κ1) is 17.5. The summed E-state index contributed by atoms with van der Waals surface area (Å²) >= 11 is 0. The predicted molar refractivity (Wildman–Crippen MR) is 87.9 cm³/mol. The number of hydrogen-bond acceptors (Lipinski definition) is 4. The lowest BCUT2D eigenvalue weighted by Gasteiger charge is -2.07. The molecule has 0 saturated heterocycles. The fourth-order valence-corrected chi connectivity index (χ4v) is 2.23. The summed E-state index contributed by atoms with van der Waals surface area (Å²) in [5, 5.41) is 15.7. The number of hydrogen-bond donors (Lipinski definition) is 2. The molecule has 0 aliphatic heterocycles. The summed E-state index contributed by atoms with van der Waals surface area (Å²) in [6, 6.07) is 7.72. The maximum Gasteiger partial charge on any atom is 0.354 e. The third kappa shape index (κ3) is 4.84. The molecule has 0 fully saturated rings. The molecule has 1 heterocycles. The van der Waals surface area contributed by atoms with E-state index in [0.29, 0.717) is 25.0 Å². The van der Waals surface area contributed by atoms with Crippen molar-refractivity contribution in [3.05, 3.63) is 47.3 Å². The standard InChI is InChI=1S/C17H21N3O4/c1-12-5-7-14(8-6-12)24-9-3-4-15(21)18-10-13-11-19-20(2)16(13)17(22)23/h5-8,11H,3-4,9-10H2,1-2H3,(H,18,21)(H,22,23). The number of carboxylic acid groups (broad SMARTS) is 1. The largest absolute Gasteiger partial charge is 0.494 e. The number of nitrogens with one attached hydrogen (secondary N) is 1. The second-order valence-electron chi connectivity index (χ2n) is 5.49. The molecule has 0 radical (unpaired) electrons. The highest BCUT2D eigenvalue weighted by molar-refractivity contribution is 5.87. The van der Waals surface area contributed by atoms with E-state index in [0.717, 1.165) is 11.3 Å². The fraction of sp³-hybridized carbons (Fsp3) is 0.353. The smallest absolute Gasteiger partial charge is 0.354 e. The number of rotatable bonds is 8. The molecule has 0 saturated carbocycles. The van der Waals surface area contributed by atoms with Crippen molar-refractivity contribution in [3.8, 4) is 5.75 Å². The Morgan fingerprint density at radius 3 is 2.67 bits per heavy atom. The average Bonchev–Trinajstić information content (AvgIpc) is 2.92. The molecule has 1 aromatic heterocycles. The maximum atomic E-state index is 11.8. The predicted octanol–water partition coefficient (Wildman–Crippen LogP) is 1.90. The Kier molecular flexibility index (Phi) is 5.95. The highest BCUT2D eigenvalue weighted by Gasteiger charge is 2.15. The third-order valence-corrected chi connectivity index (χ3v) is 3.53. The van der Waals surface area contributed by atoms with Crippen LogP contribution in [0, 0.1) is 6.92 Å². The van der Waals surface area contributed by atoms with Crippen LogP contribution in [0.1, 0.15) is 34.5 Å². The highest BCUT2D eigenvalue weighted by Crippen LogP contribution is 2.12. The summed E-state index contributed by atoms with van der Waals surface area (Å²) < 4.78 is 6.83. The topological polar surface area (TPSA) is 93.5 Å². The first-order chi connectivity index (χ1) is 11.5. The zero-order valence-electron chi connectivity index (χ0n) is 13.8. The van der Waals surface area contributed by atoms with Crippen LogP contribution in [0.2, 0.25) is 0 Å². The van der Waals surface area contributed by atoms with Crippen LogP contribution in [0.3, 0.4) is 0 Å². The Bertz CT molecular complexity index is 707. The van der Waals surface area contributed by atoms with Crippen molar-refractivity contribution in [3.63, 3.8) is 0 Å². The minimum atomic E-state index is -1.06. The Hall–Kier alpha value is -2.83. The van der Waals surface area contributed by atoms with E-state index in [4.69, 9.17) is 9.84 Å². The molecule has 24 heavy (non-hydrogen) atoms. The molecular formula is C17H21N3O4. The SMILES string of the molecule is Cc1ccc(OCCCC(=O)NCc2cnn(C)c2C(=O)O)cc1. The Labute approximate surface area is 140 Å². The summed E-state index contributed by atoms with van der Waals surface area (Å²) in [5.74, 6) is -0.434. The average molecular weight is 331 g/mol. The van der Waals surface area contributed by atoms with E-state index in [1.807, 2.05) is 31.2 Å². The van der Waals surface area contributed by atoms with Gasteiger partial charge < -0.3 is 15.2 Å². The van der Waals surface area contributed by atoms with Gasteiger partial charge in [-0.05, 0) is 25.5 Å². The Balaban J connectivity index is 1.70. The van der Waals surface area contributed by atoms with Crippen LogP contribution < -0.4 is 10.1 Å². The maximum absolute atomic E-state index is 11.8. The molecule has 1 aromatic carbocycles. The van der Waals surface area contributed by atoms with Gasteiger partial charge in [0.1, 0.15) is 5.75 Å². The number of carboxylic acids is 1. The molecule has 7 heteroatoms. The molecule has 2 N–H and O–H groups in total. The summed E-state index contributed by atoms with van der Waals surface area (Å²) in [5.41, 5.74) is 1.73. The van der Waals surface area contributed by atoms with Gasteiger partial charge >= 0.3 is 5.97 Å². The number of aromatic nitrogens is 2. The Morgan fingerprint density at radius 2 is 2.00 bits per heavy atom. The minimum absolute atomic E-state index is 0.0815. The summed E-state index contributed by atoms with van der Waals surface area (Å²) in [6.45, 7) is 2.60. The van der Waals surface area contributed by atoms with Crippen LogP contribution in [0.15, 0.2) is 30.5 Å². The molecular weight excluding hydrogens is 310 g/mol. The van der Waals surface area contributed by atoms with Crippen molar-refractivity contribution >= 4 is 11.9 Å². The van der Waals surface area contributed by atoms with E-state index in [2.05, 4.69) is 10.4 Å². The monoisotopic (exact) mass is 331 g/mol. The molecule has 0 atom stereocenters. The number of benzene rings is 1. The molecule has 128 valence electrons. The second kappa shape index (κ2) is 8.14.